The van der Waals surface area contributed by atoms with Gasteiger partial charge in [-0.1, -0.05) is 18.6 Å². The molecule has 4 rings (SSSR count). The first-order chi connectivity index (χ1) is 10.3. The van der Waals surface area contributed by atoms with E-state index in [9.17, 15) is 9.59 Å². The average Bonchev–Trinajstić information content (AvgIpc) is 2.79. The molecule has 0 spiro atoms. The predicted molar refractivity (Wildman–Crippen MR) is 79.2 cm³/mol. The highest BCUT2D eigenvalue weighted by Gasteiger charge is 2.45. The quantitative estimate of drug-likeness (QED) is 0.743. The highest BCUT2D eigenvalue weighted by molar-refractivity contribution is 6.21. The normalized spacial score (nSPS) is 29.4. The summed E-state index contributed by atoms with van der Waals surface area (Å²) in [5, 5.41) is 0. The minimum atomic E-state index is -0.0898. The Morgan fingerprint density at radius 2 is 1.43 bits per heavy atom. The van der Waals surface area contributed by atoms with Crippen LogP contribution in [0.5, 0.6) is 0 Å². The molecule has 2 amide bonds. The van der Waals surface area contributed by atoms with Gasteiger partial charge in [0, 0.05) is 6.04 Å². The molecule has 0 N–H and O–H groups in total. The predicted octanol–water partition coefficient (Wildman–Crippen LogP) is 2.30. The number of carbonyl (C=O) groups is 2. The fraction of sp³-hybridized carbons (Fsp3) is 0.529. The molecule has 3 heterocycles. The van der Waals surface area contributed by atoms with Gasteiger partial charge in [-0.05, 0) is 50.9 Å². The Bertz CT molecular complexity index is 561. The van der Waals surface area contributed by atoms with Gasteiger partial charge in [-0.2, -0.15) is 0 Å². The minimum Gasteiger partial charge on any atom is -0.298 e. The minimum absolute atomic E-state index is 0.0615. The number of nitrogens with zero attached hydrogens (tertiary/aromatic N) is 2. The second kappa shape index (κ2) is 4.95. The van der Waals surface area contributed by atoms with Crippen molar-refractivity contribution < 1.29 is 9.59 Å². The van der Waals surface area contributed by atoms with Crippen molar-refractivity contribution in [2.24, 2.45) is 0 Å². The van der Waals surface area contributed by atoms with E-state index >= 15 is 0 Å². The first-order valence-electron chi connectivity index (χ1n) is 7.98. The summed E-state index contributed by atoms with van der Waals surface area (Å²) < 4.78 is 0. The molecule has 4 nitrogen and oxygen atoms in total. The molecule has 2 atom stereocenters. The number of rotatable bonds is 1. The molecular weight excluding hydrogens is 264 g/mol. The van der Waals surface area contributed by atoms with Crippen LogP contribution in [0.1, 0.15) is 52.8 Å². The van der Waals surface area contributed by atoms with Gasteiger partial charge in [0.25, 0.3) is 11.8 Å². The molecule has 1 aromatic carbocycles. The van der Waals surface area contributed by atoms with Crippen molar-refractivity contribution in [1.29, 1.82) is 0 Å². The topological polar surface area (TPSA) is 40.6 Å². The lowest BCUT2D eigenvalue weighted by Gasteiger charge is -2.46. The number of carbonyl (C=O) groups excluding carboxylic acids is 2. The van der Waals surface area contributed by atoms with Crippen LogP contribution < -0.4 is 0 Å². The van der Waals surface area contributed by atoms with Crippen LogP contribution in [0.2, 0.25) is 0 Å². The number of piperidine rings is 2. The van der Waals surface area contributed by atoms with Crippen LogP contribution in [0.25, 0.3) is 0 Å². The van der Waals surface area contributed by atoms with Crippen LogP contribution in [-0.2, 0) is 0 Å². The smallest absolute Gasteiger partial charge is 0.261 e. The molecular formula is C17H20N2O2. The highest BCUT2D eigenvalue weighted by Crippen LogP contribution is 2.34. The molecule has 3 aliphatic heterocycles. The van der Waals surface area contributed by atoms with Crippen LogP contribution in [0, 0.1) is 0 Å². The number of hydrogen-bond acceptors (Lipinski definition) is 3. The van der Waals surface area contributed by atoms with Crippen LogP contribution in [0.4, 0.5) is 0 Å². The number of imide groups is 1. The van der Waals surface area contributed by atoms with Crippen LogP contribution in [0.15, 0.2) is 24.3 Å². The third-order valence-corrected chi connectivity index (χ3v) is 5.21. The second-order valence-electron chi connectivity index (χ2n) is 6.33. The van der Waals surface area contributed by atoms with E-state index in [4.69, 9.17) is 0 Å². The fourth-order valence-corrected chi connectivity index (χ4v) is 4.24. The number of fused-ring (bicyclic) bond motifs is 2. The van der Waals surface area contributed by atoms with Gasteiger partial charge in [0.15, 0.2) is 0 Å². The Morgan fingerprint density at radius 1 is 0.810 bits per heavy atom. The summed E-state index contributed by atoms with van der Waals surface area (Å²) in [7, 11) is 0. The zero-order valence-corrected chi connectivity index (χ0v) is 12.1. The summed E-state index contributed by atoms with van der Waals surface area (Å²) in [4.78, 5) is 29.4. The third kappa shape index (κ3) is 1.93. The zero-order valence-electron chi connectivity index (χ0n) is 12.1. The standard InChI is InChI=1S/C17H20N2O2/c20-16-12-6-1-2-7-13(12)17(21)19(16)15-9-5-11-18-10-4-3-8-14(15)18/h1-2,6-7,14-15H,3-5,8-11H2/t14-,15-/m0/s1. The van der Waals surface area contributed by atoms with E-state index in [-0.39, 0.29) is 17.9 Å². The first kappa shape index (κ1) is 13.0. The molecule has 0 radical (unpaired) electrons. The lowest BCUT2D eigenvalue weighted by molar-refractivity contribution is 0.0192. The maximum atomic E-state index is 12.7. The molecule has 0 aromatic heterocycles. The van der Waals surface area contributed by atoms with Crippen LogP contribution in [-0.4, -0.2) is 46.8 Å². The maximum absolute atomic E-state index is 12.7. The van der Waals surface area contributed by atoms with Crippen molar-refractivity contribution in [2.75, 3.05) is 13.1 Å². The Hall–Kier alpha value is -1.68. The largest absolute Gasteiger partial charge is 0.298 e. The summed E-state index contributed by atoms with van der Waals surface area (Å²) in [5.41, 5.74) is 1.16. The second-order valence-corrected chi connectivity index (χ2v) is 6.33. The monoisotopic (exact) mass is 284 g/mol. The maximum Gasteiger partial charge on any atom is 0.261 e. The van der Waals surface area contributed by atoms with Gasteiger partial charge in [0.1, 0.15) is 0 Å². The Kier molecular flexibility index (Phi) is 3.07. The van der Waals surface area contributed by atoms with Crippen molar-refractivity contribution in [3.63, 3.8) is 0 Å². The van der Waals surface area contributed by atoms with Crippen molar-refractivity contribution >= 4 is 11.8 Å². The number of hydrogen-bond donors (Lipinski definition) is 0. The molecule has 3 aliphatic rings. The molecule has 2 saturated heterocycles. The molecule has 0 bridgehead atoms. The lowest BCUT2D eigenvalue weighted by atomic mass is 9.88. The van der Waals surface area contributed by atoms with Gasteiger partial charge >= 0.3 is 0 Å². The Labute approximate surface area is 124 Å². The summed E-state index contributed by atoms with van der Waals surface area (Å²) in [6.07, 6.45) is 5.59. The molecule has 0 aliphatic carbocycles. The third-order valence-electron chi connectivity index (χ3n) is 5.21. The Balaban J connectivity index is 1.67. The zero-order chi connectivity index (χ0) is 14.4. The molecule has 0 unspecified atom stereocenters. The number of amides is 2. The van der Waals surface area contributed by atoms with Gasteiger partial charge in [-0.3, -0.25) is 19.4 Å². The lowest BCUT2D eigenvalue weighted by Crippen LogP contribution is -2.58. The molecule has 0 saturated carbocycles. The van der Waals surface area contributed by atoms with E-state index in [0.717, 1.165) is 32.4 Å². The fourth-order valence-electron chi connectivity index (χ4n) is 4.24. The molecule has 110 valence electrons. The Morgan fingerprint density at radius 3 is 2.14 bits per heavy atom. The van der Waals surface area contributed by atoms with Gasteiger partial charge in [-0.15, -0.1) is 0 Å². The van der Waals surface area contributed by atoms with Crippen molar-refractivity contribution in [2.45, 2.75) is 44.2 Å². The van der Waals surface area contributed by atoms with Crippen LogP contribution in [0.3, 0.4) is 0 Å². The van der Waals surface area contributed by atoms with E-state index < -0.39 is 0 Å². The van der Waals surface area contributed by atoms with Crippen molar-refractivity contribution in [3.8, 4) is 0 Å². The molecule has 2 fully saturated rings. The molecule has 1 aromatic rings. The van der Waals surface area contributed by atoms with Gasteiger partial charge in [-0.25, -0.2) is 0 Å². The van der Waals surface area contributed by atoms with E-state index in [2.05, 4.69) is 4.90 Å². The highest BCUT2D eigenvalue weighted by atomic mass is 16.2. The van der Waals surface area contributed by atoms with E-state index in [1.54, 1.807) is 17.0 Å². The van der Waals surface area contributed by atoms with Gasteiger partial charge in [0.2, 0.25) is 0 Å². The van der Waals surface area contributed by atoms with Crippen molar-refractivity contribution in [1.82, 2.24) is 9.80 Å². The van der Waals surface area contributed by atoms with Crippen molar-refractivity contribution in [3.05, 3.63) is 35.4 Å². The summed E-state index contributed by atoms with van der Waals surface area (Å²) >= 11 is 0. The summed E-state index contributed by atoms with van der Waals surface area (Å²) in [6.45, 7) is 2.23. The van der Waals surface area contributed by atoms with E-state index in [1.807, 2.05) is 12.1 Å². The number of benzene rings is 1. The van der Waals surface area contributed by atoms with E-state index in [1.165, 1.54) is 12.8 Å². The molecule has 4 heteroatoms. The average molecular weight is 284 g/mol. The molecule has 21 heavy (non-hydrogen) atoms. The first-order valence-corrected chi connectivity index (χ1v) is 7.98. The van der Waals surface area contributed by atoms with Gasteiger partial charge < -0.3 is 0 Å². The summed E-state index contributed by atoms with van der Waals surface area (Å²) in [5.74, 6) is -0.180. The SMILES string of the molecule is O=C1c2ccccc2C(=O)N1[C@H]1CCCN2CCCC[C@@H]12. The van der Waals surface area contributed by atoms with Crippen LogP contribution >= 0.6 is 0 Å². The van der Waals surface area contributed by atoms with E-state index in [0.29, 0.717) is 17.2 Å². The van der Waals surface area contributed by atoms with Gasteiger partial charge in [0.05, 0.1) is 17.2 Å². The summed E-state index contributed by atoms with van der Waals surface area (Å²) in [6, 6.07) is 7.65.